The molecule has 0 bridgehead atoms. The Balaban J connectivity index is 1.80. The first kappa shape index (κ1) is 17.2. The summed E-state index contributed by atoms with van der Waals surface area (Å²) < 4.78 is 1.11. The number of nitrogens with zero attached hydrogens (tertiary/aromatic N) is 2. The minimum Gasteiger partial charge on any atom is -0.323 e. The third-order valence-corrected chi connectivity index (χ3v) is 3.98. The summed E-state index contributed by atoms with van der Waals surface area (Å²) in [6.07, 6.45) is 0. The Morgan fingerprint density at radius 3 is 2.52 bits per heavy atom. The molecule has 0 atom stereocenters. The maximum Gasteiger partial charge on any atom is 0.267 e. The van der Waals surface area contributed by atoms with Gasteiger partial charge in [-0.2, -0.15) is 5.10 Å². The molecule has 3 rings (SSSR count). The van der Waals surface area contributed by atoms with E-state index in [1.165, 1.54) is 12.1 Å². The molecule has 0 aliphatic heterocycles. The molecule has 0 saturated carbocycles. The Morgan fingerprint density at radius 1 is 1.04 bits per heavy atom. The Bertz CT molecular complexity index is 972. The van der Waals surface area contributed by atoms with Crippen LogP contribution in [0.4, 0.5) is 5.69 Å². The normalized spacial score (nSPS) is 10.5. The van der Waals surface area contributed by atoms with Crippen molar-refractivity contribution < 1.29 is 4.79 Å². The molecule has 25 heavy (non-hydrogen) atoms. The van der Waals surface area contributed by atoms with Crippen LogP contribution in [-0.2, 0) is 11.3 Å². The average molecular weight is 374 g/mol. The van der Waals surface area contributed by atoms with Gasteiger partial charge in [0.2, 0.25) is 5.91 Å². The summed E-state index contributed by atoms with van der Waals surface area (Å²) >= 11 is 11.9. The van der Waals surface area contributed by atoms with Crippen molar-refractivity contribution in [2.75, 3.05) is 5.32 Å². The fourth-order valence-corrected chi connectivity index (χ4v) is 2.70. The average Bonchev–Trinajstić information content (AvgIpc) is 2.60. The third-order valence-electron chi connectivity index (χ3n) is 3.43. The molecule has 1 amide bonds. The number of halogens is 2. The van der Waals surface area contributed by atoms with Crippen molar-refractivity contribution in [3.05, 3.63) is 81.1 Å². The number of anilines is 1. The van der Waals surface area contributed by atoms with Gasteiger partial charge < -0.3 is 5.32 Å². The number of benzene rings is 2. The van der Waals surface area contributed by atoms with Gasteiger partial charge in [0.1, 0.15) is 6.54 Å². The molecule has 1 heterocycles. The highest BCUT2D eigenvalue weighted by Crippen LogP contribution is 2.25. The minimum atomic E-state index is -0.413. The summed E-state index contributed by atoms with van der Waals surface area (Å²) in [5.74, 6) is -0.413. The molecule has 0 saturated heterocycles. The standard InChI is InChI=1S/C18H13Cl2N3O2/c19-13-6-7-16(14(20)10-13)21-17(24)11-23-18(25)9-8-15(22-23)12-4-2-1-3-5-12/h1-10H,11H2,(H,21,24). The van der Waals surface area contributed by atoms with E-state index < -0.39 is 5.91 Å². The molecular formula is C18H13Cl2N3O2. The number of nitrogens with one attached hydrogen (secondary N) is 1. The van der Waals surface area contributed by atoms with Crippen molar-refractivity contribution in [1.29, 1.82) is 0 Å². The van der Waals surface area contributed by atoms with Crippen LogP contribution in [0, 0.1) is 0 Å². The first-order chi connectivity index (χ1) is 12.0. The van der Waals surface area contributed by atoms with Gasteiger partial charge in [0.05, 0.1) is 16.4 Å². The summed E-state index contributed by atoms with van der Waals surface area (Å²) in [4.78, 5) is 24.2. The van der Waals surface area contributed by atoms with E-state index in [-0.39, 0.29) is 12.1 Å². The quantitative estimate of drug-likeness (QED) is 0.755. The predicted octanol–water partition coefficient (Wildman–Crippen LogP) is 3.86. The highest BCUT2D eigenvalue weighted by Gasteiger charge is 2.10. The van der Waals surface area contributed by atoms with Gasteiger partial charge in [0, 0.05) is 16.7 Å². The van der Waals surface area contributed by atoms with Gasteiger partial charge in [0.25, 0.3) is 5.56 Å². The van der Waals surface area contributed by atoms with E-state index in [2.05, 4.69) is 10.4 Å². The van der Waals surface area contributed by atoms with Crippen molar-refractivity contribution >= 4 is 34.8 Å². The van der Waals surface area contributed by atoms with Crippen LogP contribution >= 0.6 is 23.2 Å². The summed E-state index contributed by atoms with van der Waals surface area (Å²) in [5, 5.41) is 7.68. The molecule has 0 aliphatic rings. The zero-order valence-electron chi connectivity index (χ0n) is 12.9. The van der Waals surface area contributed by atoms with Gasteiger partial charge in [-0.1, -0.05) is 53.5 Å². The largest absolute Gasteiger partial charge is 0.323 e. The Kier molecular flexibility index (Phi) is 5.16. The van der Waals surface area contributed by atoms with Crippen molar-refractivity contribution in [2.45, 2.75) is 6.54 Å². The monoisotopic (exact) mass is 373 g/mol. The van der Waals surface area contributed by atoms with Gasteiger partial charge in [-0.3, -0.25) is 9.59 Å². The second kappa shape index (κ2) is 7.51. The molecular weight excluding hydrogens is 361 g/mol. The van der Waals surface area contributed by atoms with E-state index in [0.29, 0.717) is 21.4 Å². The van der Waals surface area contributed by atoms with Crippen LogP contribution < -0.4 is 10.9 Å². The molecule has 0 aliphatic carbocycles. The molecule has 0 fully saturated rings. The maximum atomic E-state index is 12.2. The number of rotatable bonds is 4. The molecule has 126 valence electrons. The first-order valence-corrected chi connectivity index (χ1v) is 8.17. The van der Waals surface area contributed by atoms with E-state index in [1.807, 2.05) is 30.3 Å². The zero-order valence-corrected chi connectivity index (χ0v) is 14.5. The van der Waals surface area contributed by atoms with Crippen LogP contribution in [0.3, 0.4) is 0 Å². The summed E-state index contributed by atoms with van der Waals surface area (Å²) in [6.45, 7) is -0.224. The number of aromatic nitrogens is 2. The van der Waals surface area contributed by atoms with E-state index in [9.17, 15) is 9.59 Å². The van der Waals surface area contributed by atoms with Crippen LogP contribution in [0.5, 0.6) is 0 Å². The van der Waals surface area contributed by atoms with Gasteiger partial charge in [-0.15, -0.1) is 0 Å². The SMILES string of the molecule is O=C(Cn1nc(-c2ccccc2)ccc1=O)Nc1ccc(Cl)cc1Cl. The van der Waals surface area contributed by atoms with E-state index >= 15 is 0 Å². The number of hydrogen-bond donors (Lipinski definition) is 1. The number of hydrogen-bond acceptors (Lipinski definition) is 3. The lowest BCUT2D eigenvalue weighted by Gasteiger charge is -2.09. The second-order valence-electron chi connectivity index (χ2n) is 5.25. The Morgan fingerprint density at radius 2 is 1.80 bits per heavy atom. The molecule has 2 aromatic carbocycles. The Hall–Kier alpha value is -2.63. The smallest absolute Gasteiger partial charge is 0.267 e. The molecule has 3 aromatic rings. The topological polar surface area (TPSA) is 64.0 Å². The summed E-state index contributed by atoms with van der Waals surface area (Å²) in [7, 11) is 0. The maximum absolute atomic E-state index is 12.2. The highest BCUT2D eigenvalue weighted by atomic mass is 35.5. The van der Waals surface area contributed by atoms with Crippen LogP contribution in [0.25, 0.3) is 11.3 Å². The number of carbonyl (C=O) groups excluding carboxylic acids is 1. The molecule has 0 radical (unpaired) electrons. The van der Waals surface area contributed by atoms with Crippen molar-refractivity contribution in [3.63, 3.8) is 0 Å². The van der Waals surface area contributed by atoms with Crippen molar-refractivity contribution in [3.8, 4) is 11.3 Å². The molecule has 1 aromatic heterocycles. The predicted molar refractivity (Wildman–Crippen MR) is 99.0 cm³/mol. The molecule has 1 N–H and O–H groups in total. The Labute approximate surface area is 153 Å². The first-order valence-electron chi connectivity index (χ1n) is 7.41. The van der Waals surface area contributed by atoms with Gasteiger partial charge >= 0.3 is 0 Å². The number of carbonyl (C=O) groups is 1. The van der Waals surface area contributed by atoms with Crippen molar-refractivity contribution in [1.82, 2.24) is 9.78 Å². The summed E-state index contributed by atoms with van der Waals surface area (Å²) in [5.41, 5.74) is 1.52. The minimum absolute atomic E-state index is 0.224. The van der Waals surface area contributed by atoms with Crippen molar-refractivity contribution in [2.24, 2.45) is 0 Å². The van der Waals surface area contributed by atoms with Crippen LogP contribution in [0.1, 0.15) is 0 Å². The van der Waals surface area contributed by atoms with E-state index in [4.69, 9.17) is 23.2 Å². The number of amides is 1. The molecule has 0 unspecified atom stereocenters. The fourth-order valence-electron chi connectivity index (χ4n) is 2.24. The highest BCUT2D eigenvalue weighted by molar-refractivity contribution is 6.36. The zero-order chi connectivity index (χ0) is 17.8. The van der Waals surface area contributed by atoms with Crippen LogP contribution in [-0.4, -0.2) is 15.7 Å². The molecule has 0 spiro atoms. The van der Waals surface area contributed by atoms with Crippen LogP contribution in [0.15, 0.2) is 65.5 Å². The fraction of sp³-hybridized carbons (Fsp3) is 0.0556. The van der Waals surface area contributed by atoms with E-state index in [1.54, 1.807) is 18.2 Å². The van der Waals surface area contributed by atoms with Gasteiger partial charge in [0.15, 0.2) is 0 Å². The van der Waals surface area contributed by atoms with Gasteiger partial charge in [-0.25, -0.2) is 4.68 Å². The lowest BCUT2D eigenvalue weighted by molar-refractivity contribution is -0.117. The molecule has 5 nitrogen and oxygen atoms in total. The molecule has 7 heteroatoms. The van der Waals surface area contributed by atoms with E-state index in [0.717, 1.165) is 10.2 Å². The second-order valence-corrected chi connectivity index (χ2v) is 6.10. The summed E-state index contributed by atoms with van der Waals surface area (Å²) in [6, 6.07) is 17.2. The lowest BCUT2D eigenvalue weighted by Crippen LogP contribution is -2.29. The lowest BCUT2D eigenvalue weighted by atomic mass is 10.1. The van der Waals surface area contributed by atoms with Gasteiger partial charge in [-0.05, 0) is 24.3 Å². The van der Waals surface area contributed by atoms with Crippen LogP contribution in [0.2, 0.25) is 10.0 Å². The third kappa shape index (κ3) is 4.26.